The zero-order valence-electron chi connectivity index (χ0n) is 14.9. The van der Waals surface area contributed by atoms with E-state index in [-0.39, 0.29) is 17.9 Å². The Balaban J connectivity index is 1.64. The van der Waals surface area contributed by atoms with E-state index in [9.17, 15) is 13.2 Å². The lowest BCUT2D eigenvalue weighted by atomic mass is 9.95. The van der Waals surface area contributed by atoms with E-state index in [2.05, 4.69) is 4.98 Å². The molecule has 26 heavy (non-hydrogen) atoms. The third-order valence-electron chi connectivity index (χ3n) is 5.36. The Kier molecular flexibility index (Phi) is 4.25. The number of rotatable bonds is 3. The summed E-state index contributed by atoms with van der Waals surface area (Å²) in [6.45, 7) is 1.40. The van der Waals surface area contributed by atoms with Crippen LogP contribution in [0.25, 0.3) is 5.65 Å². The van der Waals surface area contributed by atoms with E-state index in [1.54, 1.807) is 24.7 Å². The van der Waals surface area contributed by atoms with Gasteiger partial charge in [-0.15, -0.1) is 0 Å². The molecule has 0 unspecified atom stereocenters. The van der Waals surface area contributed by atoms with Crippen LogP contribution in [0.5, 0.6) is 0 Å². The summed E-state index contributed by atoms with van der Waals surface area (Å²) in [6.07, 6.45) is 5.20. The molecule has 1 amide bonds. The Morgan fingerprint density at radius 2 is 2.00 bits per heavy atom. The molecule has 3 saturated heterocycles. The summed E-state index contributed by atoms with van der Waals surface area (Å²) >= 11 is 0. The molecule has 0 aliphatic carbocycles. The maximum Gasteiger partial charge on any atom is 0.281 e. The highest BCUT2D eigenvalue weighted by Gasteiger charge is 2.42. The van der Waals surface area contributed by atoms with Gasteiger partial charge in [0.25, 0.3) is 16.1 Å². The molecular formula is C17H23N5O3S. The van der Waals surface area contributed by atoms with Crippen LogP contribution in [-0.4, -0.2) is 77.0 Å². The van der Waals surface area contributed by atoms with Crippen LogP contribution in [0.1, 0.15) is 23.3 Å². The standard InChI is InChI=1S/C17H23N5O3S/c1-19(2)26(24,25)20-10-13-6-7-14(12-20)22(11-13)17(23)15-9-18-16-5-3-4-8-21(15)16/h3-5,8-9,13-14H,6-7,10-12H2,1-2H3/t13-,14+/m0/s1. The van der Waals surface area contributed by atoms with Crippen molar-refractivity contribution in [2.24, 2.45) is 5.92 Å². The van der Waals surface area contributed by atoms with E-state index in [1.165, 1.54) is 8.61 Å². The Labute approximate surface area is 153 Å². The fraction of sp³-hybridized carbons (Fsp3) is 0.529. The van der Waals surface area contributed by atoms with Gasteiger partial charge in [-0.05, 0) is 30.9 Å². The SMILES string of the molecule is CN(C)S(=O)(=O)N1C[C@@H]2CC[C@H](C1)N(C(=O)c1cnc3ccccn13)C2. The van der Waals surface area contributed by atoms with Gasteiger partial charge in [-0.25, -0.2) is 4.98 Å². The van der Waals surface area contributed by atoms with E-state index in [0.29, 0.717) is 25.3 Å². The molecule has 8 nitrogen and oxygen atoms in total. The lowest BCUT2D eigenvalue weighted by molar-refractivity contribution is 0.0581. The van der Waals surface area contributed by atoms with Crippen molar-refractivity contribution < 1.29 is 13.2 Å². The first-order valence-electron chi connectivity index (χ1n) is 8.78. The highest BCUT2D eigenvalue weighted by atomic mass is 32.2. The van der Waals surface area contributed by atoms with Crippen LogP contribution in [0, 0.1) is 5.92 Å². The number of amides is 1. The summed E-state index contributed by atoms with van der Waals surface area (Å²) in [7, 11) is -0.385. The number of fused-ring (bicyclic) bond motifs is 5. The minimum Gasteiger partial charge on any atom is -0.333 e. The largest absolute Gasteiger partial charge is 0.333 e. The fourth-order valence-electron chi connectivity index (χ4n) is 3.94. The molecule has 3 aliphatic rings. The van der Waals surface area contributed by atoms with E-state index in [4.69, 9.17) is 0 Å². The summed E-state index contributed by atoms with van der Waals surface area (Å²) in [6, 6.07) is 5.50. The number of nitrogens with zero attached hydrogens (tertiary/aromatic N) is 5. The molecule has 0 spiro atoms. The van der Waals surface area contributed by atoms with Crippen LogP contribution in [0.15, 0.2) is 30.6 Å². The smallest absolute Gasteiger partial charge is 0.281 e. The van der Waals surface area contributed by atoms with Gasteiger partial charge in [-0.3, -0.25) is 9.20 Å². The number of hydrogen-bond acceptors (Lipinski definition) is 4. The molecule has 0 aromatic carbocycles. The molecule has 3 aliphatic heterocycles. The van der Waals surface area contributed by atoms with Gasteiger partial charge < -0.3 is 4.90 Å². The lowest BCUT2D eigenvalue weighted by Gasteiger charge is -2.36. The number of carbonyl (C=O) groups excluding carboxylic acids is 1. The topological polar surface area (TPSA) is 78.2 Å². The third-order valence-corrected chi connectivity index (χ3v) is 7.24. The van der Waals surface area contributed by atoms with Gasteiger partial charge in [-0.1, -0.05) is 6.07 Å². The van der Waals surface area contributed by atoms with E-state index >= 15 is 0 Å². The van der Waals surface area contributed by atoms with Crippen LogP contribution in [0.2, 0.25) is 0 Å². The molecule has 5 heterocycles. The highest BCUT2D eigenvalue weighted by Crippen LogP contribution is 2.30. The summed E-state index contributed by atoms with van der Waals surface area (Å²) < 4.78 is 29.7. The molecule has 9 heteroatoms. The van der Waals surface area contributed by atoms with Crippen LogP contribution in [0.3, 0.4) is 0 Å². The van der Waals surface area contributed by atoms with Gasteiger partial charge >= 0.3 is 0 Å². The number of carbonyl (C=O) groups is 1. The van der Waals surface area contributed by atoms with Gasteiger partial charge in [0, 0.05) is 46.0 Å². The number of aromatic nitrogens is 2. The van der Waals surface area contributed by atoms with Crippen molar-refractivity contribution in [1.82, 2.24) is 22.9 Å². The summed E-state index contributed by atoms with van der Waals surface area (Å²) in [5, 5.41) is 0. The average Bonchev–Trinajstić information content (AvgIpc) is 2.82. The van der Waals surface area contributed by atoms with Gasteiger partial charge in [0.15, 0.2) is 0 Å². The van der Waals surface area contributed by atoms with Crippen LogP contribution < -0.4 is 0 Å². The molecule has 0 N–H and O–H groups in total. The van der Waals surface area contributed by atoms with E-state index < -0.39 is 10.2 Å². The quantitative estimate of drug-likeness (QED) is 0.788. The second-order valence-corrected chi connectivity index (χ2v) is 9.38. The molecule has 140 valence electrons. The van der Waals surface area contributed by atoms with Gasteiger partial charge in [0.05, 0.1) is 6.20 Å². The second kappa shape index (κ2) is 6.33. The Bertz CT molecular complexity index is 939. The molecule has 0 radical (unpaired) electrons. The lowest BCUT2D eigenvalue weighted by Crippen LogP contribution is -2.48. The van der Waals surface area contributed by atoms with E-state index in [0.717, 1.165) is 18.5 Å². The number of hydrogen-bond donors (Lipinski definition) is 0. The number of pyridine rings is 1. The third kappa shape index (κ3) is 2.80. The van der Waals surface area contributed by atoms with Crippen molar-refractivity contribution in [3.8, 4) is 0 Å². The zero-order chi connectivity index (χ0) is 18.5. The molecular weight excluding hydrogens is 354 g/mol. The second-order valence-electron chi connectivity index (χ2n) is 7.23. The summed E-state index contributed by atoms with van der Waals surface area (Å²) in [4.78, 5) is 19.3. The minimum absolute atomic E-state index is 0.0810. The molecule has 0 saturated carbocycles. The van der Waals surface area contributed by atoms with Gasteiger partial charge in [0.2, 0.25) is 0 Å². The first-order chi connectivity index (χ1) is 12.4. The molecule has 5 rings (SSSR count). The van der Waals surface area contributed by atoms with Crippen molar-refractivity contribution in [2.75, 3.05) is 33.7 Å². The first-order valence-corrected chi connectivity index (χ1v) is 10.2. The molecule has 2 bridgehead atoms. The Hall–Kier alpha value is -1.97. The van der Waals surface area contributed by atoms with Crippen molar-refractivity contribution in [1.29, 1.82) is 0 Å². The molecule has 3 fully saturated rings. The van der Waals surface area contributed by atoms with Crippen molar-refractivity contribution in [2.45, 2.75) is 18.9 Å². The number of imidazole rings is 1. The van der Waals surface area contributed by atoms with Crippen LogP contribution in [-0.2, 0) is 10.2 Å². The maximum atomic E-state index is 13.2. The number of piperidine rings is 1. The highest BCUT2D eigenvalue weighted by molar-refractivity contribution is 7.86. The fourth-order valence-corrected chi connectivity index (χ4v) is 5.17. The monoisotopic (exact) mass is 377 g/mol. The Morgan fingerprint density at radius 1 is 1.19 bits per heavy atom. The zero-order valence-corrected chi connectivity index (χ0v) is 15.8. The maximum absolute atomic E-state index is 13.2. The predicted octanol–water partition coefficient (Wildman–Crippen LogP) is 0.677. The van der Waals surface area contributed by atoms with Crippen molar-refractivity contribution in [3.05, 3.63) is 36.3 Å². The molecule has 2 aromatic rings. The van der Waals surface area contributed by atoms with Gasteiger partial charge in [-0.2, -0.15) is 17.0 Å². The van der Waals surface area contributed by atoms with Gasteiger partial charge in [0.1, 0.15) is 11.3 Å². The van der Waals surface area contributed by atoms with Crippen LogP contribution >= 0.6 is 0 Å². The average molecular weight is 377 g/mol. The summed E-state index contributed by atoms with van der Waals surface area (Å²) in [5.41, 5.74) is 1.25. The Morgan fingerprint density at radius 3 is 2.77 bits per heavy atom. The normalized spacial score (nSPS) is 24.3. The molecule has 2 atom stereocenters. The van der Waals surface area contributed by atoms with Crippen molar-refractivity contribution >= 4 is 21.8 Å². The predicted molar refractivity (Wildman–Crippen MR) is 96.9 cm³/mol. The molecule has 2 aromatic heterocycles. The van der Waals surface area contributed by atoms with E-state index in [1.807, 2.05) is 29.3 Å². The van der Waals surface area contributed by atoms with Crippen molar-refractivity contribution in [3.63, 3.8) is 0 Å². The van der Waals surface area contributed by atoms with Crippen LogP contribution in [0.4, 0.5) is 0 Å². The first kappa shape index (κ1) is 17.4. The summed E-state index contributed by atoms with van der Waals surface area (Å²) in [5.74, 6) is 0.0779. The minimum atomic E-state index is -3.48.